The van der Waals surface area contributed by atoms with E-state index in [4.69, 9.17) is 14.2 Å². The SMILES string of the molecule is COc1ccc(C(CC(C)NCC(O)COc2cccnc2)c2ccc(OC)cc2)cc1. The molecule has 0 spiro atoms. The largest absolute Gasteiger partial charge is 0.497 e. The summed E-state index contributed by atoms with van der Waals surface area (Å²) in [5, 5.41) is 13.7. The Morgan fingerprint density at radius 1 is 0.875 bits per heavy atom. The Kier molecular flexibility index (Phi) is 8.90. The monoisotopic (exact) mass is 436 g/mol. The summed E-state index contributed by atoms with van der Waals surface area (Å²) in [6.07, 6.45) is 3.58. The van der Waals surface area contributed by atoms with Crippen molar-refractivity contribution in [3.8, 4) is 17.2 Å². The molecular weight excluding hydrogens is 404 g/mol. The Labute approximate surface area is 190 Å². The molecule has 0 fully saturated rings. The van der Waals surface area contributed by atoms with Crippen LogP contribution in [0.4, 0.5) is 0 Å². The molecular formula is C26H32N2O4. The summed E-state index contributed by atoms with van der Waals surface area (Å²) in [6, 6.07) is 20.2. The van der Waals surface area contributed by atoms with Crippen LogP contribution >= 0.6 is 0 Å². The number of benzene rings is 2. The van der Waals surface area contributed by atoms with Crippen LogP contribution in [0.5, 0.6) is 17.2 Å². The summed E-state index contributed by atoms with van der Waals surface area (Å²) < 4.78 is 16.2. The third-order valence-corrected chi connectivity index (χ3v) is 5.40. The van der Waals surface area contributed by atoms with E-state index in [1.165, 1.54) is 11.1 Å². The van der Waals surface area contributed by atoms with Crippen LogP contribution in [0.1, 0.15) is 30.4 Å². The van der Waals surface area contributed by atoms with Crippen LogP contribution in [0, 0.1) is 0 Å². The van der Waals surface area contributed by atoms with Crippen molar-refractivity contribution < 1.29 is 19.3 Å². The fourth-order valence-corrected chi connectivity index (χ4v) is 3.59. The molecule has 1 heterocycles. The predicted molar refractivity (Wildman–Crippen MR) is 126 cm³/mol. The van der Waals surface area contributed by atoms with Gasteiger partial charge in [0.15, 0.2) is 0 Å². The maximum Gasteiger partial charge on any atom is 0.137 e. The van der Waals surface area contributed by atoms with Gasteiger partial charge in [-0.1, -0.05) is 24.3 Å². The summed E-state index contributed by atoms with van der Waals surface area (Å²) in [5.41, 5.74) is 2.43. The zero-order valence-electron chi connectivity index (χ0n) is 18.9. The average Bonchev–Trinajstić information content (AvgIpc) is 2.85. The third-order valence-electron chi connectivity index (χ3n) is 5.40. The molecule has 0 aliphatic carbocycles. The van der Waals surface area contributed by atoms with Gasteiger partial charge in [0, 0.05) is 24.7 Å². The van der Waals surface area contributed by atoms with E-state index >= 15 is 0 Å². The molecule has 0 aliphatic heterocycles. The molecule has 6 heteroatoms. The quantitative estimate of drug-likeness (QED) is 0.447. The van der Waals surface area contributed by atoms with Gasteiger partial charge >= 0.3 is 0 Å². The van der Waals surface area contributed by atoms with Crippen molar-refractivity contribution in [1.29, 1.82) is 0 Å². The highest BCUT2D eigenvalue weighted by Crippen LogP contribution is 2.31. The highest BCUT2D eigenvalue weighted by Gasteiger charge is 2.19. The van der Waals surface area contributed by atoms with Crippen LogP contribution in [-0.4, -0.2) is 49.6 Å². The minimum absolute atomic E-state index is 0.178. The second kappa shape index (κ2) is 12.1. The van der Waals surface area contributed by atoms with Crippen LogP contribution in [0.25, 0.3) is 0 Å². The molecule has 0 radical (unpaired) electrons. The molecule has 2 unspecified atom stereocenters. The van der Waals surface area contributed by atoms with Crippen molar-refractivity contribution in [2.24, 2.45) is 0 Å². The number of hydrogen-bond donors (Lipinski definition) is 2. The van der Waals surface area contributed by atoms with Crippen molar-refractivity contribution in [3.05, 3.63) is 84.2 Å². The van der Waals surface area contributed by atoms with Crippen LogP contribution in [-0.2, 0) is 0 Å². The van der Waals surface area contributed by atoms with Crippen molar-refractivity contribution >= 4 is 0 Å². The van der Waals surface area contributed by atoms with E-state index in [9.17, 15) is 5.11 Å². The zero-order valence-corrected chi connectivity index (χ0v) is 18.9. The molecule has 2 N–H and O–H groups in total. The number of nitrogens with zero attached hydrogens (tertiary/aromatic N) is 1. The first kappa shape index (κ1) is 23.6. The number of pyridine rings is 1. The minimum atomic E-state index is -0.613. The second-order valence-corrected chi connectivity index (χ2v) is 7.80. The average molecular weight is 437 g/mol. The lowest BCUT2D eigenvalue weighted by molar-refractivity contribution is 0.103. The van der Waals surface area contributed by atoms with Gasteiger partial charge in [-0.15, -0.1) is 0 Å². The van der Waals surface area contributed by atoms with Gasteiger partial charge in [0.2, 0.25) is 0 Å². The number of aliphatic hydroxyl groups excluding tert-OH is 1. The maximum absolute atomic E-state index is 10.3. The number of rotatable bonds is 12. The Morgan fingerprint density at radius 2 is 1.47 bits per heavy atom. The fraction of sp³-hybridized carbons (Fsp3) is 0.346. The molecule has 2 atom stereocenters. The van der Waals surface area contributed by atoms with E-state index in [1.54, 1.807) is 32.7 Å². The summed E-state index contributed by atoms with van der Waals surface area (Å²) in [7, 11) is 3.34. The molecule has 0 saturated heterocycles. The van der Waals surface area contributed by atoms with Crippen LogP contribution < -0.4 is 19.5 Å². The predicted octanol–water partition coefficient (Wildman–Crippen LogP) is 4.04. The lowest BCUT2D eigenvalue weighted by Crippen LogP contribution is -2.37. The molecule has 0 amide bonds. The Hall–Kier alpha value is -3.09. The molecule has 2 aromatic carbocycles. The highest BCUT2D eigenvalue weighted by molar-refractivity contribution is 5.38. The number of nitrogens with one attached hydrogen (secondary N) is 1. The minimum Gasteiger partial charge on any atom is -0.497 e. The van der Waals surface area contributed by atoms with E-state index in [2.05, 4.69) is 41.5 Å². The normalized spacial score (nSPS) is 12.9. The van der Waals surface area contributed by atoms with Crippen molar-refractivity contribution in [1.82, 2.24) is 10.3 Å². The Morgan fingerprint density at radius 3 is 1.97 bits per heavy atom. The lowest BCUT2D eigenvalue weighted by Gasteiger charge is -2.24. The molecule has 170 valence electrons. The van der Waals surface area contributed by atoms with Gasteiger partial charge in [-0.25, -0.2) is 0 Å². The number of aromatic nitrogens is 1. The van der Waals surface area contributed by atoms with Crippen molar-refractivity contribution in [3.63, 3.8) is 0 Å². The summed E-state index contributed by atoms with van der Waals surface area (Å²) in [6.45, 7) is 2.79. The smallest absolute Gasteiger partial charge is 0.137 e. The summed E-state index contributed by atoms with van der Waals surface area (Å²) in [4.78, 5) is 4.01. The number of methoxy groups -OCH3 is 2. The molecule has 0 bridgehead atoms. The molecule has 6 nitrogen and oxygen atoms in total. The zero-order chi connectivity index (χ0) is 22.8. The number of ether oxygens (including phenoxy) is 3. The van der Waals surface area contributed by atoms with Gasteiger partial charge in [0.25, 0.3) is 0 Å². The van der Waals surface area contributed by atoms with E-state index in [0.717, 1.165) is 17.9 Å². The van der Waals surface area contributed by atoms with Gasteiger partial charge in [-0.2, -0.15) is 0 Å². The molecule has 32 heavy (non-hydrogen) atoms. The first-order valence-corrected chi connectivity index (χ1v) is 10.8. The number of hydrogen-bond acceptors (Lipinski definition) is 6. The van der Waals surface area contributed by atoms with Crippen molar-refractivity contribution in [2.75, 3.05) is 27.4 Å². The molecule has 3 rings (SSSR count). The van der Waals surface area contributed by atoms with Crippen LogP contribution in [0.15, 0.2) is 73.1 Å². The Balaban J connectivity index is 1.61. The van der Waals surface area contributed by atoms with Gasteiger partial charge in [-0.05, 0) is 60.9 Å². The van der Waals surface area contributed by atoms with Gasteiger partial charge in [-0.3, -0.25) is 4.98 Å². The molecule has 0 aliphatic rings. The molecule has 1 aromatic heterocycles. The lowest BCUT2D eigenvalue weighted by atomic mass is 9.86. The first-order valence-electron chi connectivity index (χ1n) is 10.8. The highest BCUT2D eigenvalue weighted by atomic mass is 16.5. The van der Waals surface area contributed by atoms with Gasteiger partial charge in [0.1, 0.15) is 30.0 Å². The standard InChI is InChI=1S/C26H32N2O4/c1-19(28-16-22(29)18-32-25-5-4-14-27-17-25)15-26(20-6-10-23(30-2)11-7-20)21-8-12-24(31-3)13-9-21/h4-14,17,19,22,26,28-29H,15-16,18H2,1-3H3. The van der Waals surface area contributed by atoms with Gasteiger partial charge in [0.05, 0.1) is 20.4 Å². The van der Waals surface area contributed by atoms with Crippen LogP contribution in [0.2, 0.25) is 0 Å². The molecule has 0 saturated carbocycles. The van der Waals surface area contributed by atoms with Gasteiger partial charge < -0.3 is 24.6 Å². The topological polar surface area (TPSA) is 72.8 Å². The van der Waals surface area contributed by atoms with E-state index in [0.29, 0.717) is 12.3 Å². The van der Waals surface area contributed by atoms with Crippen LogP contribution in [0.3, 0.4) is 0 Å². The van der Waals surface area contributed by atoms with E-state index < -0.39 is 6.10 Å². The van der Waals surface area contributed by atoms with E-state index in [1.807, 2.05) is 30.3 Å². The summed E-state index contributed by atoms with van der Waals surface area (Å²) in [5.74, 6) is 2.52. The summed E-state index contributed by atoms with van der Waals surface area (Å²) >= 11 is 0. The molecule has 3 aromatic rings. The third kappa shape index (κ3) is 6.97. The van der Waals surface area contributed by atoms with E-state index in [-0.39, 0.29) is 18.6 Å². The van der Waals surface area contributed by atoms with Crippen molar-refractivity contribution in [2.45, 2.75) is 31.4 Å². The fourth-order valence-electron chi connectivity index (χ4n) is 3.59. The maximum atomic E-state index is 10.3. The first-order chi connectivity index (χ1) is 15.6. The Bertz CT molecular complexity index is 869. The second-order valence-electron chi connectivity index (χ2n) is 7.80. The number of aliphatic hydroxyl groups is 1.